The lowest BCUT2D eigenvalue weighted by atomic mass is 9.99. The van der Waals surface area contributed by atoms with Gasteiger partial charge in [0.25, 0.3) is 11.5 Å². The number of imidazole rings is 1. The van der Waals surface area contributed by atoms with Crippen LogP contribution in [0, 0.1) is 24.0 Å². The van der Waals surface area contributed by atoms with E-state index in [1.54, 1.807) is 25.1 Å². The third kappa shape index (κ3) is 4.29. The maximum absolute atomic E-state index is 12.6. The molecule has 0 fully saturated rings. The average molecular weight is 409 g/mol. The highest BCUT2D eigenvalue weighted by atomic mass is 16.6. The Kier molecular flexibility index (Phi) is 6.10. The van der Waals surface area contributed by atoms with Crippen molar-refractivity contribution in [2.45, 2.75) is 33.7 Å². The summed E-state index contributed by atoms with van der Waals surface area (Å²) < 4.78 is 1.45. The molecule has 1 aromatic carbocycles. The fourth-order valence-corrected chi connectivity index (χ4v) is 3.32. The Morgan fingerprint density at radius 1 is 1.30 bits per heavy atom. The monoisotopic (exact) mass is 409 g/mol. The second-order valence-corrected chi connectivity index (χ2v) is 6.92. The normalized spacial score (nSPS) is 10.8. The summed E-state index contributed by atoms with van der Waals surface area (Å²) in [5.41, 5.74) is 3.47. The molecule has 0 spiro atoms. The summed E-state index contributed by atoms with van der Waals surface area (Å²) in [6.45, 7) is 5.88. The molecule has 2 aromatic heterocycles. The molecule has 0 aliphatic carbocycles. The Balaban J connectivity index is 1.75. The number of amides is 1. The van der Waals surface area contributed by atoms with Crippen LogP contribution in [0.25, 0.3) is 11.1 Å². The highest BCUT2D eigenvalue weighted by Gasteiger charge is 2.17. The number of nitrogens with one attached hydrogen (secondary N) is 2. The highest BCUT2D eigenvalue weighted by Crippen LogP contribution is 2.23. The van der Waals surface area contributed by atoms with E-state index in [-0.39, 0.29) is 30.4 Å². The van der Waals surface area contributed by atoms with Crippen LogP contribution in [0.15, 0.2) is 41.3 Å². The van der Waals surface area contributed by atoms with Gasteiger partial charge in [0, 0.05) is 29.3 Å². The molecule has 0 aliphatic rings. The predicted octanol–water partition coefficient (Wildman–Crippen LogP) is 2.76. The van der Waals surface area contributed by atoms with Gasteiger partial charge in [-0.3, -0.25) is 9.59 Å². The third-order valence-electron chi connectivity index (χ3n) is 4.97. The van der Waals surface area contributed by atoms with E-state index in [9.17, 15) is 19.7 Å². The van der Waals surface area contributed by atoms with E-state index in [1.165, 1.54) is 10.8 Å². The zero-order valence-electron chi connectivity index (χ0n) is 17.1. The number of carbonyl (C=O) groups excluding carboxylic acids is 1. The Labute approximate surface area is 172 Å². The summed E-state index contributed by atoms with van der Waals surface area (Å²) in [6, 6.07) is 8.98. The molecule has 2 N–H and O–H groups in total. The van der Waals surface area contributed by atoms with Gasteiger partial charge in [-0.05, 0) is 42.0 Å². The van der Waals surface area contributed by atoms with E-state index in [0.717, 1.165) is 16.8 Å². The van der Waals surface area contributed by atoms with E-state index < -0.39 is 4.92 Å². The van der Waals surface area contributed by atoms with E-state index in [1.807, 2.05) is 26.0 Å². The van der Waals surface area contributed by atoms with E-state index >= 15 is 0 Å². The summed E-state index contributed by atoms with van der Waals surface area (Å²) in [6.07, 6.45) is 1.82. The molecule has 30 heavy (non-hydrogen) atoms. The predicted molar refractivity (Wildman–Crippen MR) is 113 cm³/mol. The number of aromatic nitrogens is 3. The molecule has 0 bridgehead atoms. The maximum Gasteiger partial charge on any atom is 0.342 e. The first-order chi connectivity index (χ1) is 14.3. The summed E-state index contributed by atoms with van der Waals surface area (Å²) in [7, 11) is 0. The van der Waals surface area contributed by atoms with Gasteiger partial charge >= 0.3 is 5.82 Å². The first kappa shape index (κ1) is 21.0. The zero-order chi connectivity index (χ0) is 21.8. The Morgan fingerprint density at radius 2 is 2.07 bits per heavy atom. The molecule has 156 valence electrons. The number of aromatic amines is 1. The first-order valence-electron chi connectivity index (χ1n) is 9.59. The van der Waals surface area contributed by atoms with Gasteiger partial charge in [-0.2, -0.15) is 0 Å². The average Bonchev–Trinajstić information content (AvgIpc) is 3.09. The summed E-state index contributed by atoms with van der Waals surface area (Å²) in [5.74, 6) is 0.123. The Morgan fingerprint density at radius 3 is 2.77 bits per heavy atom. The molecule has 0 saturated carbocycles. The zero-order valence-corrected chi connectivity index (χ0v) is 17.1. The molecule has 0 unspecified atom stereocenters. The molecular formula is C21H23N5O4. The molecule has 1 amide bonds. The second kappa shape index (κ2) is 8.73. The standard InChI is InChI=1S/C21H23N5O4/c1-4-15-11-18(13(2)24-21(15)28)16-6-5-7-17(10-16)20(27)22-8-9-25-14(3)23-12-19(25)26(29)30/h5-7,10-12H,4,8-9H2,1-3H3,(H,22,27)(H,24,28). The molecule has 3 aromatic rings. The van der Waals surface area contributed by atoms with Gasteiger partial charge in [-0.25, -0.2) is 9.55 Å². The number of nitro groups is 1. The van der Waals surface area contributed by atoms with Gasteiger partial charge in [0.05, 0.1) is 6.54 Å². The van der Waals surface area contributed by atoms with Crippen LogP contribution >= 0.6 is 0 Å². The van der Waals surface area contributed by atoms with Crippen molar-refractivity contribution in [2.75, 3.05) is 6.54 Å². The number of aryl methyl sites for hydroxylation is 3. The SMILES string of the molecule is CCc1cc(-c2cccc(C(=O)NCCn3c([N+](=O)[O-])cnc3C)c2)c(C)[nH]c1=O. The maximum atomic E-state index is 12.6. The molecule has 3 rings (SSSR count). The van der Waals surface area contributed by atoms with Crippen molar-refractivity contribution in [3.63, 3.8) is 0 Å². The van der Waals surface area contributed by atoms with Crippen LogP contribution in [0.4, 0.5) is 5.82 Å². The van der Waals surface area contributed by atoms with E-state index in [2.05, 4.69) is 15.3 Å². The lowest BCUT2D eigenvalue weighted by Gasteiger charge is -2.10. The smallest absolute Gasteiger partial charge is 0.342 e. The second-order valence-electron chi connectivity index (χ2n) is 6.92. The minimum atomic E-state index is -0.498. The molecule has 0 atom stereocenters. The van der Waals surface area contributed by atoms with Gasteiger partial charge in [-0.1, -0.05) is 19.1 Å². The number of H-pyrrole nitrogens is 1. The van der Waals surface area contributed by atoms with Gasteiger partial charge in [0.15, 0.2) is 5.82 Å². The number of pyridine rings is 1. The van der Waals surface area contributed by atoms with Gasteiger partial charge in [0.2, 0.25) is 0 Å². The summed E-state index contributed by atoms with van der Waals surface area (Å²) in [5, 5.41) is 13.8. The van der Waals surface area contributed by atoms with Crippen molar-refractivity contribution in [3.8, 4) is 11.1 Å². The lowest BCUT2D eigenvalue weighted by molar-refractivity contribution is -0.392. The van der Waals surface area contributed by atoms with E-state index in [0.29, 0.717) is 23.4 Å². The fourth-order valence-electron chi connectivity index (χ4n) is 3.32. The number of carbonyl (C=O) groups is 1. The van der Waals surface area contributed by atoms with Gasteiger partial charge in [0.1, 0.15) is 12.7 Å². The number of hydrogen-bond donors (Lipinski definition) is 2. The topological polar surface area (TPSA) is 123 Å². The van der Waals surface area contributed by atoms with Crippen molar-refractivity contribution in [3.05, 3.63) is 79.6 Å². The van der Waals surface area contributed by atoms with Crippen molar-refractivity contribution in [2.24, 2.45) is 0 Å². The molecule has 0 saturated heterocycles. The number of benzene rings is 1. The molecule has 0 aliphatic heterocycles. The minimum Gasteiger partial charge on any atom is -0.358 e. The van der Waals surface area contributed by atoms with Crippen LogP contribution in [0.3, 0.4) is 0 Å². The Bertz CT molecular complexity index is 1160. The van der Waals surface area contributed by atoms with Crippen LogP contribution in [-0.2, 0) is 13.0 Å². The number of nitrogens with zero attached hydrogens (tertiary/aromatic N) is 3. The number of hydrogen-bond acceptors (Lipinski definition) is 5. The van der Waals surface area contributed by atoms with Crippen molar-refractivity contribution < 1.29 is 9.72 Å². The molecule has 0 radical (unpaired) electrons. The molecular weight excluding hydrogens is 386 g/mol. The molecule has 2 heterocycles. The Hall–Kier alpha value is -3.75. The van der Waals surface area contributed by atoms with Crippen LogP contribution in [-0.4, -0.2) is 31.9 Å². The highest BCUT2D eigenvalue weighted by molar-refractivity contribution is 5.95. The fraction of sp³-hybridized carbons (Fsp3) is 0.286. The third-order valence-corrected chi connectivity index (χ3v) is 4.97. The summed E-state index contributed by atoms with van der Waals surface area (Å²) >= 11 is 0. The van der Waals surface area contributed by atoms with Crippen molar-refractivity contribution >= 4 is 11.7 Å². The number of rotatable bonds is 7. The molecule has 9 nitrogen and oxygen atoms in total. The first-order valence-corrected chi connectivity index (χ1v) is 9.59. The largest absolute Gasteiger partial charge is 0.358 e. The quantitative estimate of drug-likeness (QED) is 0.459. The van der Waals surface area contributed by atoms with Crippen LogP contribution < -0.4 is 10.9 Å². The lowest BCUT2D eigenvalue weighted by Crippen LogP contribution is -2.27. The van der Waals surface area contributed by atoms with Gasteiger partial charge < -0.3 is 20.4 Å². The molecule has 9 heteroatoms. The van der Waals surface area contributed by atoms with E-state index in [4.69, 9.17) is 0 Å². The van der Waals surface area contributed by atoms with Gasteiger partial charge in [-0.15, -0.1) is 0 Å². The minimum absolute atomic E-state index is 0.100. The van der Waals surface area contributed by atoms with Crippen molar-refractivity contribution in [1.29, 1.82) is 0 Å². The van der Waals surface area contributed by atoms with Crippen LogP contribution in [0.5, 0.6) is 0 Å². The van der Waals surface area contributed by atoms with Crippen LogP contribution in [0.1, 0.15) is 34.4 Å². The van der Waals surface area contributed by atoms with Crippen molar-refractivity contribution in [1.82, 2.24) is 19.9 Å². The summed E-state index contributed by atoms with van der Waals surface area (Å²) in [4.78, 5) is 41.9. The van der Waals surface area contributed by atoms with Crippen LogP contribution in [0.2, 0.25) is 0 Å².